The predicted octanol–water partition coefficient (Wildman–Crippen LogP) is 6.02. The van der Waals surface area contributed by atoms with E-state index in [0.717, 1.165) is 25.3 Å². The standard InChI is InChI=1S/C27H25ClN4/c1-19-3-7-23(8-4-19)27-18-31(20(2)22-9-5-21(16-29)6-10-22)13-14-32(27)26-12-11-25(28)15-24(26)17-30/h3-12,15,20,27H,13-14,18H2,1-2H3/t20-,27-/m0/s1. The van der Waals surface area contributed by atoms with E-state index in [1.54, 1.807) is 6.07 Å². The van der Waals surface area contributed by atoms with Crippen molar-refractivity contribution in [2.24, 2.45) is 0 Å². The summed E-state index contributed by atoms with van der Waals surface area (Å²) in [6.07, 6.45) is 0. The normalized spacial score (nSPS) is 17.4. The summed E-state index contributed by atoms with van der Waals surface area (Å²) >= 11 is 6.16. The van der Waals surface area contributed by atoms with Crippen LogP contribution in [0, 0.1) is 29.6 Å². The molecule has 0 saturated carbocycles. The predicted molar refractivity (Wildman–Crippen MR) is 129 cm³/mol. The van der Waals surface area contributed by atoms with Gasteiger partial charge < -0.3 is 4.90 Å². The molecule has 1 fully saturated rings. The zero-order chi connectivity index (χ0) is 22.7. The van der Waals surface area contributed by atoms with Crippen molar-refractivity contribution < 1.29 is 0 Å². The van der Waals surface area contributed by atoms with E-state index in [1.165, 1.54) is 16.7 Å². The van der Waals surface area contributed by atoms with Crippen molar-refractivity contribution in [2.75, 3.05) is 24.5 Å². The molecule has 2 atom stereocenters. The minimum Gasteiger partial charge on any atom is -0.361 e. The molecule has 0 spiro atoms. The average molecular weight is 441 g/mol. The van der Waals surface area contributed by atoms with Gasteiger partial charge in [-0.3, -0.25) is 4.90 Å². The van der Waals surface area contributed by atoms with Gasteiger partial charge >= 0.3 is 0 Å². The first kappa shape index (κ1) is 21.9. The fourth-order valence-electron chi connectivity index (χ4n) is 4.41. The van der Waals surface area contributed by atoms with Crippen molar-refractivity contribution in [3.63, 3.8) is 0 Å². The highest BCUT2D eigenvalue weighted by molar-refractivity contribution is 6.30. The number of nitrogens with zero attached hydrogens (tertiary/aromatic N) is 4. The van der Waals surface area contributed by atoms with Crippen molar-refractivity contribution in [1.29, 1.82) is 10.5 Å². The molecule has 32 heavy (non-hydrogen) atoms. The van der Waals surface area contributed by atoms with E-state index in [1.807, 2.05) is 36.4 Å². The highest BCUT2D eigenvalue weighted by Crippen LogP contribution is 2.36. The molecule has 0 amide bonds. The maximum Gasteiger partial charge on any atom is 0.101 e. The minimum atomic E-state index is 0.110. The second kappa shape index (κ2) is 9.45. The topological polar surface area (TPSA) is 54.1 Å². The van der Waals surface area contributed by atoms with E-state index in [4.69, 9.17) is 16.9 Å². The second-order valence-corrected chi connectivity index (χ2v) is 8.73. The van der Waals surface area contributed by atoms with Gasteiger partial charge in [-0.25, -0.2) is 0 Å². The summed E-state index contributed by atoms with van der Waals surface area (Å²) in [6.45, 7) is 6.81. The van der Waals surface area contributed by atoms with Crippen molar-refractivity contribution in [3.05, 3.63) is 99.6 Å². The van der Waals surface area contributed by atoms with Crippen LogP contribution in [-0.2, 0) is 0 Å². The smallest absolute Gasteiger partial charge is 0.101 e. The van der Waals surface area contributed by atoms with Gasteiger partial charge in [-0.1, -0.05) is 53.6 Å². The molecule has 0 N–H and O–H groups in total. The summed E-state index contributed by atoms with van der Waals surface area (Å²) in [5, 5.41) is 19.4. The average Bonchev–Trinajstić information content (AvgIpc) is 2.84. The fourth-order valence-corrected chi connectivity index (χ4v) is 4.59. The van der Waals surface area contributed by atoms with Gasteiger partial charge in [0.05, 0.1) is 28.9 Å². The van der Waals surface area contributed by atoms with Crippen molar-refractivity contribution in [3.8, 4) is 12.1 Å². The third kappa shape index (κ3) is 4.48. The lowest BCUT2D eigenvalue weighted by Gasteiger charge is -2.45. The lowest BCUT2D eigenvalue weighted by Crippen LogP contribution is -2.49. The lowest BCUT2D eigenvalue weighted by atomic mass is 9.97. The van der Waals surface area contributed by atoms with E-state index in [9.17, 15) is 5.26 Å². The molecule has 0 aromatic heterocycles. The van der Waals surface area contributed by atoms with Gasteiger partial charge in [-0.15, -0.1) is 0 Å². The largest absolute Gasteiger partial charge is 0.361 e. The minimum absolute atomic E-state index is 0.110. The summed E-state index contributed by atoms with van der Waals surface area (Å²) in [7, 11) is 0. The zero-order valence-corrected chi connectivity index (χ0v) is 19.0. The molecule has 0 aliphatic carbocycles. The van der Waals surface area contributed by atoms with Crippen molar-refractivity contribution in [2.45, 2.75) is 25.9 Å². The molecule has 0 bridgehead atoms. The molecule has 3 aromatic carbocycles. The number of piperazine rings is 1. The molecule has 3 aromatic rings. The number of halogens is 1. The third-order valence-corrected chi connectivity index (χ3v) is 6.57. The first-order valence-electron chi connectivity index (χ1n) is 10.8. The number of rotatable bonds is 4. The molecule has 1 aliphatic heterocycles. The van der Waals surface area contributed by atoms with Crippen LogP contribution in [0.2, 0.25) is 5.02 Å². The Labute approximate surface area is 194 Å². The Morgan fingerprint density at radius 3 is 2.31 bits per heavy atom. The van der Waals surface area contributed by atoms with E-state index in [0.29, 0.717) is 16.1 Å². The van der Waals surface area contributed by atoms with Gasteiger partial charge in [0.25, 0.3) is 0 Å². The Kier molecular flexibility index (Phi) is 6.47. The Morgan fingerprint density at radius 2 is 1.66 bits per heavy atom. The maximum atomic E-state index is 9.73. The van der Waals surface area contributed by atoms with Crippen LogP contribution in [0.25, 0.3) is 0 Å². The molecule has 160 valence electrons. The van der Waals surface area contributed by atoms with E-state index in [-0.39, 0.29) is 12.1 Å². The van der Waals surface area contributed by atoms with Crippen molar-refractivity contribution in [1.82, 2.24) is 4.90 Å². The molecule has 1 heterocycles. The highest BCUT2D eigenvalue weighted by atomic mass is 35.5. The number of aryl methyl sites for hydroxylation is 1. The van der Waals surface area contributed by atoms with E-state index >= 15 is 0 Å². The summed E-state index contributed by atoms with van der Waals surface area (Å²) in [6, 6.07) is 26.9. The van der Waals surface area contributed by atoms with Crippen LogP contribution >= 0.6 is 11.6 Å². The molecule has 0 unspecified atom stereocenters. The molecular formula is C27H25ClN4. The molecule has 1 aliphatic rings. The number of nitriles is 2. The Bertz CT molecular complexity index is 1170. The fraction of sp³-hybridized carbons (Fsp3) is 0.259. The summed E-state index contributed by atoms with van der Waals surface area (Å²) in [5.41, 5.74) is 5.85. The van der Waals surface area contributed by atoms with E-state index < -0.39 is 0 Å². The SMILES string of the molecule is Cc1ccc([C@@H]2CN([C@@H](C)c3ccc(C#N)cc3)CCN2c2ccc(Cl)cc2C#N)cc1. The van der Waals surface area contributed by atoms with Crippen molar-refractivity contribution >= 4 is 17.3 Å². The van der Waals surface area contributed by atoms with Crippen LogP contribution in [0.4, 0.5) is 5.69 Å². The third-order valence-electron chi connectivity index (χ3n) is 6.33. The van der Waals surface area contributed by atoms with Crippen LogP contribution in [0.15, 0.2) is 66.7 Å². The van der Waals surface area contributed by atoms with Crippen LogP contribution in [0.3, 0.4) is 0 Å². The van der Waals surface area contributed by atoms with Gasteiger partial charge in [0.1, 0.15) is 6.07 Å². The quantitative estimate of drug-likeness (QED) is 0.498. The van der Waals surface area contributed by atoms with E-state index in [2.05, 4.69) is 60.1 Å². The number of benzene rings is 3. The number of hydrogen-bond donors (Lipinski definition) is 0. The van der Waals surface area contributed by atoms with Gasteiger partial charge in [-0.05, 0) is 55.3 Å². The second-order valence-electron chi connectivity index (χ2n) is 8.30. The summed E-state index contributed by atoms with van der Waals surface area (Å²) in [4.78, 5) is 4.81. The van der Waals surface area contributed by atoms with Gasteiger partial charge in [0.15, 0.2) is 0 Å². The molecule has 4 rings (SSSR count). The summed E-state index contributed by atoms with van der Waals surface area (Å²) in [5.74, 6) is 0. The first-order valence-corrected chi connectivity index (χ1v) is 11.1. The number of anilines is 1. The highest BCUT2D eigenvalue weighted by Gasteiger charge is 2.32. The Hall–Kier alpha value is -3.31. The molecule has 0 radical (unpaired) electrons. The molecule has 1 saturated heterocycles. The maximum absolute atomic E-state index is 9.73. The Balaban J connectivity index is 1.67. The van der Waals surface area contributed by atoms with Crippen LogP contribution in [0.5, 0.6) is 0 Å². The summed E-state index contributed by atoms with van der Waals surface area (Å²) < 4.78 is 0. The van der Waals surface area contributed by atoms with Gasteiger partial charge in [0.2, 0.25) is 0 Å². The van der Waals surface area contributed by atoms with Crippen LogP contribution in [-0.4, -0.2) is 24.5 Å². The number of hydrogen-bond acceptors (Lipinski definition) is 4. The molecule has 4 nitrogen and oxygen atoms in total. The monoisotopic (exact) mass is 440 g/mol. The van der Waals surface area contributed by atoms with Gasteiger partial charge in [0, 0.05) is 30.7 Å². The van der Waals surface area contributed by atoms with Crippen LogP contribution in [0.1, 0.15) is 46.8 Å². The Morgan fingerprint density at radius 1 is 0.938 bits per heavy atom. The molecule has 5 heteroatoms. The zero-order valence-electron chi connectivity index (χ0n) is 18.3. The lowest BCUT2D eigenvalue weighted by molar-refractivity contribution is 0.171. The first-order chi connectivity index (χ1) is 15.5. The van der Waals surface area contributed by atoms with Gasteiger partial charge in [-0.2, -0.15) is 10.5 Å². The van der Waals surface area contributed by atoms with Crippen LogP contribution < -0.4 is 4.90 Å². The molecular weight excluding hydrogens is 416 g/mol.